The van der Waals surface area contributed by atoms with Crippen LogP contribution in [0.3, 0.4) is 0 Å². The molecule has 3 rings (SSSR count). The molecule has 5 heteroatoms. The first-order valence-corrected chi connectivity index (χ1v) is 9.29. The van der Waals surface area contributed by atoms with Crippen LogP contribution in [0.2, 0.25) is 0 Å². The van der Waals surface area contributed by atoms with Crippen molar-refractivity contribution in [1.82, 2.24) is 5.32 Å². The van der Waals surface area contributed by atoms with E-state index in [0.717, 1.165) is 35.6 Å². The number of aryl methyl sites for hydroxylation is 1. The summed E-state index contributed by atoms with van der Waals surface area (Å²) in [6, 6.07) is 2.54. The Morgan fingerprint density at radius 2 is 2.09 bits per heavy atom. The predicted molar refractivity (Wildman–Crippen MR) is 90.5 cm³/mol. The maximum atomic E-state index is 10.1. The molecule has 0 radical (unpaired) electrons. The lowest BCUT2D eigenvalue weighted by molar-refractivity contribution is 0.104. The Balaban J connectivity index is 1.43. The van der Waals surface area contributed by atoms with E-state index in [0.29, 0.717) is 19.2 Å². The Bertz CT molecular complexity index is 509. The van der Waals surface area contributed by atoms with E-state index >= 15 is 0 Å². The average molecular weight is 322 g/mol. The monoisotopic (exact) mass is 322 g/mol. The molecule has 22 heavy (non-hydrogen) atoms. The summed E-state index contributed by atoms with van der Waals surface area (Å²) in [5.41, 5.74) is 1.79. The zero-order valence-corrected chi connectivity index (χ0v) is 13.9. The van der Waals surface area contributed by atoms with Gasteiger partial charge in [-0.15, -0.1) is 11.3 Å². The molecule has 0 amide bonds. The number of fused-ring (bicyclic) bond motifs is 1. The molecule has 0 aliphatic heterocycles. The largest absolute Gasteiger partial charge is 0.481 e. The molecule has 1 heterocycles. The van der Waals surface area contributed by atoms with Crippen LogP contribution in [0, 0.1) is 5.41 Å². The second-order valence-corrected chi connectivity index (χ2v) is 7.54. The van der Waals surface area contributed by atoms with E-state index in [2.05, 4.69) is 5.32 Å². The van der Waals surface area contributed by atoms with Gasteiger partial charge in [-0.1, -0.05) is 19.3 Å². The van der Waals surface area contributed by atoms with Crippen molar-refractivity contribution in [2.75, 3.05) is 13.2 Å². The lowest BCUT2D eigenvalue weighted by Crippen LogP contribution is -2.38. The highest BCUT2D eigenvalue weighted by molar-refractivity contribution is 7.14. The van der Waals surface area contributed by atoms with Crippen LogP contribution >= 0.6 is 11.3 Å². The van der Waals surface area contributed by atoms with Crippen LogP contribution in [0.5, 0.6) is 5.06 Å². The maximum absolute atomic E-state index is 10.1. The molecule has 0 saturated heterocycles. The number of thiophene rings is 1. The van der Waals surface area contributed by atoms with Crippen molar-refractivity contribution in [1.29, 1.82) is 5.41 Å². The number of hydrogen-bond acceptors (Lipinski definition) is 5. The lowest BCUT2D eigenvalue weighted by atomic mass is 9.95. The van der Waals surface area contributed by atoms with Gasteiger partial charge in [0.15, 0.2) is 5.06 Å². The smallest absolute Gasteiger partial charge is 0.174 e. The van der Waals surface area contributed by atoms with Gasteiger partial charge in [-0.3, -0.25) is 0 Å². The van der Waals surface area contributed by atoms with Crippen LogP contribution in [-0.4, -0.2) is 36.1 Å². The van der Waals surface area contributed by atoms with Crippen molar-refractivity contribution >= 4 is 17.0 Å². The van der Waals surface area contributed by atoms with Crippen LogP contribution < -0.4 is 10.1 Å². The third-order valence-corrected chi connectivity index (χ3v) is 5.71. The fourth-order valence-corrected chi connectivity index (χ4v) is 4.41. The number of hydrogen-bond donors (Lipinski definition) is 3. The molecule has 1 aromatic rings. The van der Waals surface area contributed by atoms with Crippen LogP contribution in [-0.2, 0) is 6.42 Å². The van der Waals surface area contributed by atoms with Gasteiger partial charge in [0.25, 0.3) is 0 Å². The zero-order chi connectivity index (χ0) is 15.4. The van der Waals surface area contributed by atoms with E-state index in [-0.39, 0.29) is 0 Å². The summed E-state index contributed by atoms with van der Waals surface area (Å²) < 4.78 is 5.74. The van der Waals surface area contributed by atoms with E-state index in [1.54, 1.807) is 11.3 Å². The van der Waals surface area contributed by atoms with Gasteiger partial charge in [-0.05, 0) is 32.1 Å². The molecule has 0 aromatic carbocycles. The molecule has 2 aliphatic carbocycles. The molecule has 3 N–H and O–H groups in total. The van der Waals surface area contributed by atoms with Gasteiger partial charge in [0.1, 0.15) is 12.7 Å². The predicted octanol–water partition coefficient (Wildman–Crippen LogP) is 3.11. The van der Waals surface area contributed by atoms with Gasteiger partial charge >= 0.3 is 0 Å². The molecule has 1 aromatic heterocycles. The lowest BCUT2D eigenvalue weighted by Gasteiger charge is -2.24. The van der Waals surface area contributed by atoms with Crippen molar-refractivity contribution in [2.45, 2.75) is 63.5 Å². The quantitative estimate of drug-likeness (QED) is 0.754. The summed E-state index contributed by atoms with van der Waals surface area (Å²) in [7, 11) is 0. The third kappa shape index (κ3) is 4.09. The summed E-state index contributed by atoms with van der Waals surface area (Å²) in [5, 5.41) is 22.3. The topological polar surface area (TPSA) is 65.3 Å². The molecule has 4 nitrogen and oxygen atoms in total. The minimum Gasteiger partial charge on any atom is -0.481 e. The van der Waals surface area contributed by atoms with Gasteiger partial charge in [-0.25, -0.2) is 0 Å². The molecule has 0 bridgehead atoms. The fourth-order valence-electron chi connectivity index (χ4n) is 3.32. The van der Waals surface area contributed by atoms with Gasteiger partial charge in [0, 0.05) is 34.8 Å². The zero-order valence-electron chi connectivity index (χ0n) is 13.1. The van der Waals surface area contributed by atoms with E-state index in [1.807, 2.05) is 6.07 Å². The van der Waals surface area contributed by atoms with Crippen LogP contribution in [0.4, 0.5) is 0 Å². The van der Waals surface area contributed by atoms with Crippen molar-refractivity contribution in [3.8, 4) is 5.06 Å². The molecule has 1 unspecified atom stereocenters. The molecule has 1 atom stereocenters. The van der Waals surface area contributed by atoms with Crippen LogP contribution in [0.15, 0.2) is 6.07 Å². The van der Waals surface area contributed by atoms with Crippen LogP contribution in [0.1, 0.15) is 55.4 Å². The summed E-state index contributed by atoms with van der Waals surface area (Å²) in [6.45, 7) is 0.929. The summed E-state index contributed by atoms with van der Waals surface area (Å²) >= 11 is 1.63. The highest BCUT2D eigenvalue weighted by Crippen LogP contribution is 2.34. The summed E-state index contributed by atoms with van der Waals surface area (Å²) in [5.74, 6) is 0. The molecule has 1 saturated carbocycles. The number of rotatable bonds is 6. The van der Waals surface area contributed by atoms with Gasteiger partial charge < -0.3 is 20.6 Å². The number of aliphatic hydroxyl groups excluding tert-OH is 1. The molecular formula is C17H26N2O2S. The molecule has 0 spiro atoms. The average Bonchev–Trinajstić information content (AvgIpc) is 2.96. The summed E-state index contributed by atoms with van der Waals surface area (Å²) in [4.78, 5) is 1.26. The minimum absolute atomic E-state index is 0.326. The van der Waals surface area contributed by atoms with E-state index in [1.165, 1.54) is 37.0 Å². The fraction of sp³-hybridized carbons (Fsp3) is 0.706. The van der Waals surface area contributed by atoms with E-state index < -0.39 is 6.10 Å². The second-order valence-electron chi connectivity index (χ2n) is 6.44. The van der Waals surface area contributed by atoms with Crippen molar-refractivity contribution in [3.63, 3.8) is 0 Å². The SMILES string of the molecule is N=C1CCCc2sc(OCC(O)CNC3CCCCC3)cc21. The van der Waals surface area contributed by atoms with E-state index in [9.17, 15) is 5.11 Å². The Morgan fingerprint density at radius 1 is 1.27 bits per heavy atom. The number of ether oxygens (including phenoxy) is 1. The maximum Gasteiger partial charge on any atom is 0.174 e. The molecule has 122 valence electrons. The first-order valence-electron chi connectivity index (χ1n) is 8.47. The van der Waals surface area contributed by atoms with Crippen molar-refractivity contribution in [2.24, 2.45) is 0 Å². The molecular weight excluding hydrogens is 296 g/mol. The van der Waals surface area contributed by atoms with Crippen LogP contribution in [0.25, 0.3) is 0 Å². The number of nitrogens with one attached hydrogen (secondary N) is 2. The Morgan fingerprint density at radius 3 is 2.86 bits per heavy atom. The highest BCUT2D eigenvalue weighted by Gasteiger charge is 2.19. The Labute approximate surface area is 136 Å². The third-order valence-electron chi connectivity index (χ3n) is 4.61. The Kier molecular flexibility index (Phi) is 5.50. The number of aliphatic hydroxyl groups is 1. The highest BCUT2D eigenvalue weighted by atomic mass is 32.1. The molecule has 2 aliphatic rings. The van der Waals surface area contributed by atoms with Crippen molar-refractivity contribution in [3.05, 3.63) is 16.5 Å². The second kappa shape index (κ2) is 7.57. The first kappa shape index (κ1) is 16.0. The summed E-state index contributed by atoms with van der Waals surface area (Å²) in [6.07, 6.45) is 8.94. The standard InChI is InChI=1S/C17H26N2O2S/c18-15-7-4-8-16-14(15)9-17(22-16)21-11-13(20)10-19-12-5-2-1-3-6-12/h9,12-13,18-20H,1-8,10-11H2. The van der Waals surface area contributed by atoms with Gasteiger partial charge in [0.2, 0.25) is 0 Å². The normalized spacial score (nSPS) is 20.7. The van der Waals surface area contributed by atoms with E-state index in [4.69, 9.17) is 10.1 Å². The minimum atomic E-state index is -0.472. The van der Waals surface area contributed by atoms with Crippen molar-refractivity contribution < 1.29 is 9.84 Å². The first-order chi connectivity index (χ1) is 10.7. The van der Waals surface area contributed by atoms with Gasteiger partial charge in [0.05, 0.1) is 0 Å². The Hall–Kier alpha value is -0.910. The van der Waals surface area contributed by atoms with Gasteiger partial charge in [-0.2, -0.15) is 0 Å². The molecule has 1 fully saturated rings.